The SMILES string of the molecule is CC[C@H](N)C1(C)CCCC1. The van der Waals surface area contributed by atoms with Crippen molar-refractivity contribution in [3.8, 4) is 0 Å². The van der Waals surface area contributed by atoms with Crippen molar-refractivity contribution in [2.45, 2.75) is 52.0 Å². The highest BCUT2D eigenvalue weighted by molar-refractivity contribution is 4.88. The van der Waals surface area contributed by atoms with Gasteiger partial charge >= 0.3 is 0 Å². The van der Waals surface area contributed by atoms with Gasteiger partial charge in [0.2, 0.25) is 0 Å². The van der Waals surface area contributed by atoms with E-state index in [1.807, 2.05) is 0 Å². The van der Waals surface area contributed by atoms with Gasteiger partial charge in [-0.3, -0.25) is 0 Å². The Labute approximate surface area is 64.0 Å². The van der Waals surface area contributed by atoms with E-state index >= 15 is 0 Å². The molecule has 0 aliphatic heterocycles. The second-order valence-electron chi connectivity index (χ2n) is 3.88. The summed E-state index contributed by atoms with van der Waals surface area (Å²) in [6, 6.07) is 0.440. The molecule has 1 atom stereocenters. The van der Waals surface area contributed by atoms with Crippen LogP contribution in [0.4, 0.5) is 0 Å². The minimum absolute atomic E-state index is 0.440. The molecule has 60 valence electrons. The van der Waals surface area contributed by atoms with Crippen molar-refractivity contribution in [3.05, 3.63) is 0 Å². The van der Waals surface area contributed by atoms with E-state index < -0.39 is 0 Å². The Morgan fingerprint density at radius 1 is 1.40 bits per heavy atom. The Balaban J connectivity index is 2.49. The average molecular weight is 141 g/mol. The topological polar surface area (TPSA) is 26.0 Å². The third kappa shape index (κ3) is 1.34. The molecule has 1 saturated carbocycles. The zero-order valence-electron chi connectivity index (χ0n) is 7.19. The molecule has 0 aromatic rings. The van der Waals surface area contributed by atoms with Gasteiger partial charge in [0.05, 0.1) is 0 Å². The molecular formula is C9H19N. The van der Waals surface area contributed by atoms with Crippen LogP contribution in [0.25, 0.3) is 0 Å². The van der Waals surface area contributed by atoms with E-state index in [1.54, 1.807) is 0 Å². The summed E-state index contributed by atoms with van der Waals surface area (Å²) in [6.45, 7) is 4.53. The first-order chi connectivity index (χ1) is 4.69. The van der Waals surface area contributed by atoms with E-state index in [0.29, 0.717) is 11.5 Å². The number of rotatable bonds is 2. The minimum atomic E-state index is 0.440. The van der Waals surface area contributed by atoms with Crippen molar-refractivity contribution in [2.75, 3.05) is 0 Å². The maximum Gasteiger partial charge on any atom is 0.00902 e. The van der Waals surface area contributed by atoms with Gasteiger partial charge in [-0.2, -0.15) is 0 Å². The van der Waals surface area contributed by atoms with Crippen molar-refractivity contribution in [3.63, 3.8) is 0 Å². The number of hydrogen-bond donors (Lipinski definition) is 1. The minimum Gasteiger partial charge on any atom is -0.327 e. The fourth-order valence-corrected chi connectivity index (χ4v) is 2.05. The van der Waals surface area contributed by atoms with Crippen LogP contribution in [-0.2, 0) is 0 Å². The molecule has 0 aromatic heterocycles. The lowest BCUT2D eigenvalue weighted by molar-refractivity contribution is 0.256. The van der Waals surface area contributed by atoms with Crippen LogP contribution in [0.5, 0.6) is 0 Å². The fraction of sp³-hybridized carbons (Fsp3) is 1.00. The molecule has 0 bridgehead atoms. The molecule has 2 N–H and O–H groups in total. The van der Waals surface area contributed by atoms with Crippen LogP contribution in [0, 0.1) is 5.41 Å². The molecule has 0 aromatic carbocycles. The molecule has 0 unspecified atom stereocenters. The van der Waals surface area contributed by atoms with E-state index in [4.69, 9.17) is 5.73 Å². The molecule has 1 heteroatoms. The Kier molecular flexibility index (Phi) is 2.35. The van der Waals surface area contributed by atoms with Crippen LogP contribution in [0.2, 0.25) is 0 Å². The van der Waals surface area contributed by atoms with Gasteiger partial charge in [-0.15, -0.1) is 0 Å². The van der Waals surface area contributed by atoms with Crippen molar-refractivity contribution >= 4 is 0 Å². The summed E-state index contributed by atoms with van der Waals surface area (Å²) in [5.41, 5.74) is 6.49. The van der Waals surface area contributed by atoms with Crippen LogP contribution >= 0.6 is 0 Å². The standard InChI is InChI=1S/C9H19N/c1-3-8(10)9(2)6-4-5-7-9/h8H,3-7,10H2,1-2H3/t8-/m0/s1. The Morgan fingerprint density at radius 2 is 1.90 bits per heavy atom. The molecular weight excluding hydrogens is 122 g/mol. The molecule has 0 saturated heterocycles. The summed E-state index contributed by atoms with van der Waals surface area (Å²) in [4.78, 5) is 0. The number of hydrogen-bond acceptors (Lipinski definition) is 1. The number of nitrogens with two attached hydrogens (primary N) is 1. The van der Waals surface area contributed by atoms with Gasteiger partial charge in [0.15, 0.2) is 0 Å². The van der Waals surface area contributed by atoms with Crippen molar-refractivity contribution in [1.82, 2.24) is 0 Å². The predicted molar refractivity (Wildman–Crippen MR) is 44.8 cm³/mol. The molecule has 1 rings (SSSR count). The summed E-state index contributed by atoms with van der Waals surface area (Å²) in [7, 11) is 0. The van der Waals surface area contributed by atoms with Gasteiger partial charge in [-0.1, -0.05) is 26.7 Å². The van der Waals surface area contributed by atoms with Gasteiger partial charge in [0.25, 0.3) is 0 Å². The van der Waals surface area contributed by atoms with Crippen LogP contribution in [-0.4, -0.2) is 6.04 Å². The molecule has 1 nitrogen and oxygen atoms in total. The van der Waals surface area contributed by atoms with Gasteiger partial charge in [0.1, 0.15) is 0 Å². The van der Waals surface area contributed by atoms with Crippen molar-refractivity contribution in [1.29, 1.82) is 0 Å². The fourth-order valence-electron chi connectivity index (χ4n) is 2.05. The molecule has 0 heterocycles. The van der Waals surface area contributed by atoms with Gasteiger partial charge in [0, 0.05) is 6.04 Å². The Morgan fingerprint density at radius 3 is 2.30 bits per heavy atom. The summed E-state index contributed by atoms with van der Waals surface area (Å²) in [5, 5.41) is 0. The normalized spacial score (nSPS) is 26.7. The monoisotopic (exact) mass is 141 g/mol. The third-order valence-electron chi connectivity index (χ3n) is 3.08. The lowest BCUT2D eigenvalue weighted by Crippen LogP contribution is -2.36. The first-order valence-electron chi connectivity index (χ1n) is 4.44. The average Bonchev–Trinajstić information content (AvgIpc) is 2.36. The largest absolute Gasteiger partial charge is 0.327 e. The van der Waals surface area contributed by atoms with E-state index in [1.165, 1.54) is 25.7 Å². The van der Waals surface area contributed by atoms with Crippen LogP contribution in [0.3, 0.4) is 0 Å². The second kappa shape index (κ2) is 2.91. The van der Waals surface area contributed by atoms with E-state index in [9.17, 15) is 0 Å². The highest BCUT2D eigenvalue weighted by atomic mass is 14.7. The van der Waals surface area contributed by atoms with Crippen LogP contribution in [0.15, 0.2) is 0 Å². The maximum absolute atomic E-state index is 6.01. The zero-order valence-corrected chi connectivity index (χ0v) is 7.19. The van der Waals surface area contributed by atoms with E-state index in [0.717, 1.165) is 6.42 Å². The van der Waals surface area contributed by atoms with E-state index in [-0.39, 0.29) is 0 Å². The van der Waals surface area contributed by atoms with Crippen molar-refractivity contribution in [2.24, 2.45) is 11.1 Å². The van der Waals surface area contributed by atoms with E-state index in [2.05, 4.69) is 13.8 Å². The molecule has 10 heavy (non-hydrogen) atoms. The third-order valence-corrected chi connectivity index (χ3v) is 3.08. The quantitative estimate of drug-likeness (QED) is 0.627. The van der Waals surface area contributed by atoms with Crippen LogP contribution < -0.4 is 5.73 Å². The summed E-state index contributed by atoms with van der Waals surface area (Å²) >= 11 is 0. The molecule has 1 aliphatic rings. The molecule has 1 fully saturated rings. The highest BCUT2D eigenvalue weighted by Gasteiger charge is 2.33. The van der Waals surface area contributed by atoms with Crippen molar-refractivity contribution < 1.29 is 0 Å². The first kappa shape index (κ1) is 8.06. The molecule has 1 aliphatic carbocycles. The van der Waals surface area contributed by atoms with Crippen LogP contribution in [0.1, 0.15) is 46.0 Å². The lowest BCUT2D eigenvalue weighted by Gasteiger charge is -2.30. The van der Waals surface area contributed by atoms with Gasteiger partial charge in [-0.25, -0.2) is 0 Å². The molecule has 0 amide bonds. The summed E-state index contributed by atoms with van der Waals surface area (Å²) < 4.78 is 0. The summed E-state index contributed by atoms with van der Waals surface area (Å²) in [5.74, 6) is 0. The summed E-state index contributed by atoms with van der Waals surface area (Å²) in [6.07, 6.45) is 6.62. The Bertz CT molecular complexity index is 103. The van der Waals surface area contributed by atoms with Gasteiger partial charge in [-0.05, 0) is 24.7 Å². The zero-order chi connectivity index (χ0) is 7.61. The highest BCUT2D eigenvalue weighted by Crippen LogP contribution is 2.40. The maximum atomic E-state index is 6.01. The predicted octanol–water partition coefficient (Wildman–Crippen LogP) is 2.30. The Hall–Kier alpha value is -0.0400. The smallest absolute Gasteiger partial charge is 0.00902 e. The second-order valence-corrected chi connectivity index (χ2v) is 3.88. The molecule has 0 radical (unpaired) electrons. The molecule has 0 spiro atoms. The lowest BCUT2D eigenvalue weighted by atomic mass is 9.80. The van der Waals surface area contributed by atoms with Gasteiger partial charge < -0.3 is 5.73 Å². The first-order valence-corrected chi connectivity index (χ1v) is 4.44.